The van der Waals surface area contributed by atoms with Gasteiger partial charge < -0.3 is 10.1 Å². The zero-order valence-electron chi connectivity index (χ0n) is 11.3. The van der Waals surface area contributed by atoms with E-state index in [1.165, 1.54) is 12.8 Å². The van der Waals surface area contributed by atoms with Gasteiger partial charge in [-0.3, -0.25) is 0 Å². The second-order valence-electron chi connectivity index (χ2n) is 4.95. The van der Waals surface area contributed by atoms with Crippen LogP contribution in [0.15, 0.2) is 0 Å². The monoisotopic (exact) mass is 253 g/mol. The smallest absolute Gasteiger partial charge is 0.168 e. The molecule has 1 atom stereocenters. The molecule has 1 aliphatic carbocycles. The second kappa shape index (κ2) is 6.80. The van der Waals surface area contributed by atoms with E-state index in [1.54, 1.807) is 0 Å². The number of aromatic nitrogens is 4. The third-order valence-corrected chi connectivity index (χ3v) is 3.15. The Kier molecular flexibility index (Phi) is 5.07. The molecule has 1 aromatic heterocycles. The molecule has 0 saturated heterocycles. The van der Waals surface area contributed by atoms with Gasteiger partial charge in [-0.15, -0.1) is 5.10 Å². The number of ether oxygens (including phenoxy) is 1. The van der Waals surface area contributed by atoms with Gasteiger partial charge in [-0.25, -0.2) is 4.68 Å². The van der Waals surface area contributed by atoms with Crippen molar-refractivity contribution in [2.75, 3.05) is 19.8 Å². The summed E-state index contributed by atoms with van der Waals surface area (Å²) in [5.41, 5.74) is 0. The van der Waals surface area contributed by atoms with E-state index in [-0.39, 0.29) is 6.04 Å². The van der Waals surface area contributed by atoms with Crippen LogP contribution in [0.25, 0.3) is 0 Å². The molecule has 2 rings (SSSR count). The van der Waals surface area contributed by atoms with Gasteiger partial charge >= 0.3 is 0 Å². The van der Waals surface area contributed by atoms with E-state index in [0.717, 1.165) is 37.9 Å². The maximum atomic E-state index is 5.61. The first-order valence-electron chi connectivity index (χ1n) is 6.88. The van der Waals surface area contributed by atoms with Gasteiger partial charge in [0.25, 0.3) is 0 Å². The van der Waals surface area contributed by atoms with Crippen LogP contribution in [-0.4, -0.2) is 40.0 Å². The van der Waals surface area contributed by atoms with E-state index >= 15 is 0 Å². The van der Waals surface area contributed by atoms with E-state index in [9.17, 15) is 0 Å². The van der Waals surface area contributed by atoms with Crippen LogP contribution in [0.3, 0.4) is 0 Å². The molecule has 1 fully saturated rings. The standard InChI is InChI=1S/C12H23N5O/c1-3-6-13-10(2)12-14-15-16-17(12)7-8-18-9-11-4-5-11/h10-11,13H,3-9H2,1-2H3. The van der Waals surface area contributed by atoms with Crippen molar-refractivity contribution in [2.45, 2.75) is 45.7 Å². The number of hydrogen-bond donors (Lipinski definition) is 1. The lowest BCUT2D eigenvalue weighted by atomic mass is 10.3. The Bertz CT molecular complexity index is 350. The molecular formula is C12H23N5O. The molecule has 6 heteroatoms. The topological polar surface area (TPSA) is 64.9 Å². The van der Waals surface area contributed by atoms with Gasteiger partial charge in [0.15, 0.2) is 5.82 Å². The van der Waals surface area contributed by atoms with E-state index in [4.69, 9.17) is 4.74 Å². The fourth-order valence-corrected chi connectivity index (χ4v) is 1.82. The van der Waals surface area contributed by atoms with E-state index in [0.29, 0.717) is 6.61 Å². The number of tetrazole rings is 1. The van der Waals surface area contributed by atoms with Gasteiger partial charge in [-0.05, 0) is 49.1 Å². The van der Waals surface area contributed by atoms with Crippen LogP contribution in [0, 0.1) is 5.92 Å². The Morgan fingerprint density at radius 3 is 3.06 bits per heavy atom. The first kappa shape index (κ1) is 13.4. The van der Waals surface area contributed by atoms with Crippen LogP contribution in [0.1, 0.15) is 45.0 Å². The first-order chi connectivity index (χ1) is 8.81. The molecule has 1 aromatic rings. The molecule has 0 aliphatic heterocycles. The lowest BCUT2D eigenvalue weighted by molar-refractivity contribution is 0.113. The molecule has 102 valence electrons. The fourth-order valence-electron chi connectivity index (χ4n) is 1.82. The van der Waals surface area contributed by atoms with Gasteiger partial charge in [-0.2, -0.15) is 0 Å². The average molecular weight is 253 g/mol. The minimum Gasteiger partial charge on any atom is -0.379 e. The molecule has 0 aromatic carbocycles. The highest BCUT2D eigenvalue weighted by Gasteiger charge is 2.21. The molecule has 6 nitrogen and oxygen atoms in total. The minimum absolute atomic E-state index is 0.184. The SMILES string of the molecule is CCCNC(C)c1nnnn1CCOCC1CC1. The summed E-state index contributed by atoms with van der Waals surface area (Å²) in [5, 5.41) is 15.2. The average Bonchev–Trinajstić information content (AvgIpc) is 3.08. The maximum absolute atomic E-state index is 5.61. The summed E-state index contributed by atoms with van der Waals surface area (Å²) in [5.74, 6) is 1.70. The summed E-state index contributed by atoms with van der Waals surface area (Å²) in [7, 11) is 0. The number of nitrogens with one attached hydrogen (secondary N) is 1. The molecule has 1 aliphatic rings. The lowest BCUT2D eigenvalue weighted by Crippen LogP contribution is -2.24. The van der Waals surface area contributed by atoms with Crippen molar-refractivity contribution in [3.05, 3.63) is 5.82 Å². The molecule has 0 spiro atoms. The number of rotatable bonds is 9. The first-order valence-corrected chi connectivity index (χ1v) is 6.88. The van der Waals surface area contributed by atoms with Crippen molar-refractivity contribution < 1.29 is 4.74 Å². The summed E-state index contributed by atoms with van der Waals surface area (Å²) in [6.45, 7) is 7.52. The Labute approximate surface area is 108 Å². The molecular weight excluding hydrogens is 230 g/mol. The van der Waals surface area contributed by atoms with Crippen LogP contribution < -0.4 is 5.32 Å². The van der Waals surface area contributed by atoms with Gasteiger partial charge in [0.1, 0.15) is 0 Å². The normalized spacial score (nSPS) is 17.0. The molecule has 1 heterocycles. The number of nitrogens with zero attached hydrogens (tertiary/aromatic N) is 4. The summed E-state index contributed by atoms with van der Waals surface area (Å²) in [4.78, 5) is 0. The van der Waals surface area contributed by atoms with Crippen LogP contribution in [0.2, 0.25) is 0 Å². The molecule has 0 radical (unpaired) electrons. The molecule has 1 unspecified atom stereocenters. The van der Waals surface area contributed by atoms with E-state index in [2.05, 4.69) is 34.7 Å². The van der Waals surface area contributed by atoms with Crippen LogP contribution >= 0.6 is 0 Å². The van der Waals surface area contributed by atoms with E-state index in [1.807, 2.05) is 4.68 Å². The predicted octanol–water partition coefficient (Wildman–Crippen LogP) is 1.16. The Hall–Kier alpha value is -1.01. The van der Waals surface area contributed by atoms with Crippen molar-refractivity contribution in [2.24, 2.45) is 5.92 Å². The van der Waals surface area contributed by atoms with Crippen molar-refractivity contribution in [1.29, 1.82) is 0 Å². The van der Waals surface area contributed by atoms with Gasteiger partial charge in [0.05, 0.1) is 19.2 Å². The molecule has 1 saturated carbocycles. The highest BCUT2D eigenvalue weighted by Crippen LogP contribution is 2.28. The summed E-state index contributed by atoms with van der Waals surface area (Å²) in [6.07, 6.45) is 3.76. The van der Waals surface area contributed by atoms with Crippen LogP contribution in [0.5, 0.6) is 0 Å². The molecule has 1 N–H and O–H groups in total. The van der Waals surface area contributed by atoms with E-state index < -0.39 is 0 Å². The minimum atomic E-state index is 0.184. The third kappa shape index (κ3) is 4.03. The van der Waals surface area contributed by atoms with Gasteiger partial charge in [0.2, 0.25) is 0 Å². The Morgan fingerprint density at radius 1 is 1.50 bits per heavy atom. The lowest BCUT2D eigenvalue weighted by Gasteiger charge is -2.12. The van der Waals surface area contributed by atoms with Crippen molar-refractivity contribution >= 4 is 0 Å². The molecule has 18 heavy (non-hydrogen) atoms. The van der Waals surface area contributed by atoms with Crippen LogP contribution in [-0.2, 0) is 11.3 Å². The zero-order valence-corrected chi connectivity index (χ0v) is 11.3. The van der Waals surface area contributed by atoms with Gasteiger partial charge in [0, 0.05) is 6.61 Å². The summed E-state index contributed by atoms with van der Waals surface area (Å²) in [6, 6.07) is 0.184. The second-order valence-corrected chi connectivity index (χ2v) is 4.95. The molecule has 0 bridgehead atoms. The van der Waals surface area contributed by atoms with Crippen molar-refractivity contribution in [1.82, 2.24) is 25.5 Å². The van der Waals surface area contributed by atoms with Crippen molar-refractivity contribution in [3.8, 4) is 0 Å². The zero-order chi connectivity index (χ0) is 12.8. The quantitative estimate of drug-likeness (QED) is 0.669. The summed E-state index contributed by atoms with van der Waals surface area (Å²) >= 11 is 0. The van der Waals surface area contributed by atoms with Gasteiger partial charge in [-0.1, -0.05) is 6.92 Å². The third-order valence-electron chi connectivity index (χ3n) is 3.15. The summed E-state index contributed by atoms with van der Waals surface area (Å²) < 4.78 is 7.44. The highest BCUT2D eigenvalue weighted by molar-refractivity contribution is 4.89. The van der Waals surface area contributed by atoms with Crippen LogP contribution in [0.4, 0.5) is 0 Å². The Morgan fingerprint density at radius 2 is 2.33 bits per heavy atom. The van der Waals surface area contributed by atoms with Crippen molar-refractivity contribution in [3.63, 3.8) is 0 Å². The predicted molar refractivity (Wildman–Crippen MR) is 68.1 cm³/mol. The molecule has 0 amide bonds. The fraction of sp³-hybridized carbons (Fsp3) is 0.917. The Balaban J connectivity index is 1.74. The largest absolute Gasteiger partial charge is 0.379 e. The highest BCUT2D eigenvalue weighted by atomic mass is 16.5. The maximum Gasteiger partial charge on any atom is 0.168 e. The number of hydrogen-bond acceptors (Lipinski definition) is 5.